The van der Waals surface area contributed by atoms with Crippen LogP contribution in [0.25, 0.3) is 0 Å². The predicted octanol–water partition coefficient (Wildman–Crippen LogP) is 2.14. The van der Waals surface area contributed by atoms with Crippen LogP contribution in [0.2, 0.25) is 0 Å². The summed E-state index contributed by atoms with van der Waals surface area (Å²) in [6.07, 6.45) is 0. The van der Waals surface area contributed by atoms with E-state index in [9.17, 15) is 4.79 Å². The number of aryl methyl sites for hydroxylation is 1. The molecule has 64 valence electrons. The monoisotopic (exact) mass is 202 g/mol. The van der Waals surface area contributed by atoms with Crippen LogP contribution in [-0.2, 0) is 4.79 Å². The van der Waals surface area contributed by atoms with Crippen molar-refractivity contribution in [2.45, 2.75) is 6.92 Å². The molecule has 0 bridgehead atoms. The molecule has 1 aromatic heterocycles. The van der Waals surface area contributed by atoms with Gasteiger partial charge in [-0.05, 0) is 6.92 Å². The lowest BCUT2D eigenvalue weighted by Gasteiger charge is -1.96. The van der Waals surface area contributed by atoms with Crippen molar-refractivity contribution in [3.8, 4) is 0 Å². The third-order valence-electron chi connectivity index (χ3n) is 1.09. The van der Waals surface area contributed by atoms with Crippen LogP contribution in [0.3, 0.4) is 0 Å². The van der Waals surface area contributed by atoms with Crippen LogP contribution in [0.4, 0.5) is 5.13 Å². The van der Waals surface area contributed by atoms with Crippen LogP contribution in [0.5, 0.6) is 0 Å². The number of hydrogen-bond donors (Lipinski definition) is 1. The van der Waals surface area contributed by atoms with Gasteiger partial charge in [0.05, 0.1) is 10.7 Å². The minimum absolute atomic E-state index is 0.0390. The highest BCUT2D eigenvalue weighted by Gasteiger charge is 2.06. The van der Waals surface area contributed by atoms with E-state index in [1.54, 1.807) is 0 Å². The van der Waals surface area contributed by atoms with Crippen LogP contribution in [0, 0.1) is 6.92 Å². The number of carbonyl (C=O) groups is 1. The van der Waals surface area contributed by atoms with E-state index >= 15 is 0 Å². The summed E-state index contributed by atoms with van der Waals surface area (Å²) < 4.78 is 0. The Morgan fingerprint density at radius 2 is 2.50 bits per heavy atom. The van der Waals surface area contributed by atoms with Gasteiger partial charge in [-0.15, -0.1) is 11.3 Å². The van der Waals surface area contributed by atoms with Gasteiger partial charge in [0, 0.05) is 5.38 Å². The summed E-state index contributed by atoms with van der Waals surface area (Å²) in [5.41, 5.74) is 0.871. The van der Waals surface area contributed by atoms with Gasteiger partial charge >= 0.3 is 0 Å². The zero-order valence-electron chi connectivity index (χ0n) is 6.43. The largest absolute Gasteiger partial charge is 0.297 e. The summed E-state index contributed by atoms with van der Waals surface area (Å²) in [5.74, 6) is -0.411. The van der Waals surface area contributed by atoms with E-state index < -0.39 is 5.91 Å². The Morgan fingerprint density at radius 1 is 1.83 bits per heavy atom. The number of nitrogens with one attached hydrogen (secondary N) is 1. The van der Waals surface area contributed by atoms with Crippen LogP contribution >= 0.6 is 22.9 Å². The van der Waals surface area contributed by atoms with Crippen molar-refractivity contribution < 1.29 is 4.79 Å². The average Bonchev–Trinajstić information content (AvgIpc) is 2.35. The van der Waals surface area contributed by atoms with Gasteiger partial charge < -0.3 is 0 Å². The maximum atomic E-state index is 10.9. The molecule has 1 N–H and O–H groups in total. The Bertz CT molecular complexity index is 321. The SMILES string of the molecule is C=C(Cl)C(=O)Nc1nc(C)cs1. The topological polar surface area (TPSA) is 42.0 Å². The Kier molecular flexibility index (Phi) is 2.83. The molecule has 0 aromatic carbocycles. The number of halogens is 1. The molecule has 1 aromatic rings. The van der Waals surface area contributed by atoms with Gasteiger partial charge in [-0.2, -0.15) is 0 Å². The summed E-state index contributed by atoms with van der Waals surface area (Å²) >= 11 is 6.71. The van der Waals surface area contributed by atoms with Crippen molar-refractivity contribution in [1.29, 1.82) is 0 Å². The van der Waals surface area contributed by atoms with Crippen LogP contribution in [0.15, 0.2) is 17.0 Å². The maximum Gasteiger partial charge on any atom is 0.268 e. The third kappa shape index (κ3) is 2.32. The van der Waals surface area contributed by atoms with E-state index in [1.165, 1.54) is 11.3 Å². The highest BCUT2D eigenvalue weighted by Crippen LogP contribution is 2.15. The van der Waals surface area contributed by atoms with Gasteiger partial charge in [0.15, 0.2) is 5.13 Å². The second-order valence-electron chi connectivity index (χ2n) is 2.15. The molecule has 0 aliphatic carbocycles. The summed E-state index contributed by atoms with van der Waals surface area (Å²) in [4.78, 5) is 15.0. The van der Waals surface area contributed by atoms with E-state index in [2.05, 4.69) is 16.9 Å². The smallest absolute Gasteiger partial charge is 0.268 e. The minimum Gasteiger partial charge on any atom is -0.297 e. The fraction of sp³-hybridized carbons (Fsp3) is 0.143. The molecule has 0 spiro atoms. The predicted molar refractivity (Wildman–Crippen MR) is 50.5 cm³/mol. The van der Waals surface area contributed by atoms with Crippen molar-refractivity contribution in [1.82, 2.24) is 4.98 Å². The van der Waals surface area contributed by atoms with Crippen LogP contribution in [-0.4, -0.2) is 10.9 Å². The fourth-order valence-corrected chi connectivity index (χ4v) is 1.31. The molecule has 0 aliphatic heterocycles. The molecule has 0 unspecified atom stereocenters. The van der Waals surface area contributed by atoms with E-state index in [4.69, 9.17) is 11.6 Å². The molecule has 1 amide bonds. The Balaban J connectivity index is 2.64. The van der Waals surface area contributed by atoms with Crippen molar-refractivity contribution >= 4 is 34.0 Å². The lowest BCUT2D eigenvalue weighted by atomic mass is 10.6. The summed E-state index contributed by atoms with van der Waals surface area (Å²) in [6.45, 7) is 5.14. The molecule has 0 aliphatic rings. The van der Waals surface area contributed by atoms with E-state index in [1.807, 2.05) is 12.3 Å². The van der Waals surface area contributed by atoms with Gasteiger partial charge in [0.25, 0.3) is 5.91 Å². The van der Waals surface area contributed by atoms with Gasteiger partial charge in [-0.1, -0.05) is 18.2 Å². The number of carbonyl (C=O) groups excluding carboxylic acids is 1. The van der Waals surface area contributed by atoms with Gasteiger partial charge in [-0.25, -0.2) is 4.98 Å². The second-order valence-corrected chi connectivity index (χ2v) is 3.47. The molecule has 1 rings (SSSR count). The Labute approximate surface area is 79.1 Å². The lowest BCUT2D eigenvalue weighted by Crippen LogP contribution is -2.10. The number of amides is 1. The van der Waals surface area contributed by atoms with Gasteiger partial charge in [-0.3, -0.25) is 10.1 Å². The van der Waals surface area contributed by atoms with E-state index in [-0.39, 0.29) is 5.03 Å². The summed E-state index contributed by atoms with van der Waals surface area (Å²) in [6, 6.07) is 0. The van der Waals surface area contributed by atoms with Crippen molar-refractivity contribution in [2.75, 3.05) is 5.32 Å². The molecule has 0 radical (unpaired) electrons. The molecule has 0 saturated carbocycles. The van der Waals surface area contributed by atoms with E-state index in [0.717, 1.165) is 5.69 Å². The third-order valence-corrected chi connectivity index (χ3v) is 2.13. The van der Waals surface area contributed by atoms with Crippen molar-refractivity contribution in [2.24, 2.45) is 0 Å². The molecular weight excluding hydrogens is 196 g/mol. The quantitative estimate of drug-likeness (QED) is 0.747. The number of anilines is 1. The standard InChI is InChI=1S/C7H7ClN2OS/c1-4-3-12-7(9-4)10-6(11)5(2)8/h3H,2H2,1H3,(H,9,10,11). The van der Waals surface area contributed by atoms with E-state index in [0.29, 0.717) is 5.13 Å². The number of hydrogen-bond acceptors (Lipinski definition) is 3. The zero-order chi connectivity index (χ0) is 9.14. The highest BCUT2D eigenvalue weighted by molar-refractivity contribution is 7.14. The fourth-order valence-electron chi connectivity index (χ4n) is 0.576. The first-order chi connectivity index (χ1) is 5.59. The molecule has 3 nitrogen and oxygen atoms in total. The molecule has 0 fully saturated rings. The van der Waals surface area contributed by atoms with Gasteiger partial charge in [0.2, 0.25) is 0 Å². The first kappa shape index (κ1) is 9.22. The highest BCUT2D eigenvalue weighted by atomic mass is 35.5. The Morgan fingerprint density at radius 3 is 2.92 bits per heavy atom. The molecule has 0 atom stereocenters. The number of thiazole rings is 1. The van der Waals surface area contributed by atoms with Crippen LogP contribution in [0.1, 0.15) is 5.69 Å². The normalized spacial score (nSPS) is 9.50. The molecule has 1 heterocycles. The van der Waals surface area contributed by atoms with Crippen LogP contribution < -0.4 is 5.32 Å². The first-order valence-corrected chi connectivity index (χ1v) is 4.43. The van der Waals surface area contributed by atoms with Crippen molar-refractivity contribution in [3.05, 3.63) is 22.7 Å². The molecule has 0 saturated heterocycles. The van der Waals surface area contributed by atoms with Gasteiger partial charge in [0.1, 0.15) is 0 Å². The summed E-state index contributed by atoms with van der Waals surface area (Å²) in [7, 11) is 0. The van der Waals surface area contributed by atoms with Crippen molar-refractivity contribution in [3.63, 3.8) is 0 Å². The number of aromatic nitrogens is 1. The lowest BCUT2D eigenvalue weighted by molar-refractivity contribution is -0.112. The zero-order valence-corrected chi connectivity index (χ0v) is 8.00. The minimum atomic E-state index is -0.411. The maximum absolute atomic E-state index is 10.9. The average molecular weight is 203 g/mol. The second kappa shape index (κ2) is 3.69. The summed E-state index contributed by atoms with van der Waals surface area (Å²) in [5, 5.41) is 4.84. The molecular formula is C7H7ClN2OS. The molecule has 12 heavy (non-hydrogen) atoms. The number of nitrogens with zero attached hydrogens (tertiary/aromatic N) is 1. The Hall–Kier alpha value is -0.870. The first-order valence-electron chi connectivity index (χ1n) is 3.17. The number of rotatable bonds is 2. The molecule has 5 heteroatoms.